The number of aryl methyl sites for hydroxylation is 2. The van der Waals surface area contributed by atoms with Crippen molar-refractivity contribution in [2.75, 3.05) is 11.9 Å². The van der Waals surface area contributed by atoms with Crippen LogP contribution in [0.15, 0.2) is 24.3 Å². The summed E-state index contributed by atoms with van der Waals surface area (Å²) in [4.78, 5) is 32.2. The summed E-state index contributed by atoms with van der Waals surface area (Å²) in [5.41, 5.74) is 1.77. The number of fused-ring (bicyclic) bond motifs is 1. The third-order valence-electron chi connectivity index (χ3n) is 3.36. The molecule has 0 fully saturated rings. The van der Waals surface area contributed by atoms with Crippen LogP contribution in [0.3, 0.4) is 0 Å². The van der Waals surface area contributed by atoms with Gasteiger partial charge < -0.3 is 10.1 Å². The molecule has 10 heteroatoms. The van der Waals surface area contributed by atoms with Gasteiger partial charge in [0.25, 0.3) is 17.5 Å². The first kappa shape index (κ1) is 18.1. The fraction of sp³-hybridized carbons (Fsp3) is 0.188. The van der Waals surface area contributed by atoms with Gasteiger partial charge in [-0.1, -0.05) is 29.3 Å². The molecule has 0 aliphatic heterocycles. The molecule has 2 aromatic heterocycles. The Balaban J connectivity index is 1.67. The van der Waals surface area contributed by atoms with Crippen molar-refractivity contribution in [1.29, 1.82) is 0 Å². The molecule has 3 aromatic rings. The minimum Gasteiger partial charge on any atom is -0.450 e. The first-order chi connectivity index (χ1) is 12.3. The van der Waals surface area contributed by atoms with Crippen molar-refractivity contribution in [2.24, 2.45) is 0 Å². The van der Waals surface area contributed by atoms with Crippen molar-refractivity contribution < 1.29 is 14.3 Å². The summed E-state index contributed by atoms with van der Waals surface area (Å²) >= 11 is 11.9. The number of benzene rings is 1. The average molecular weight is 394 g/mol. The number of esters is 1. The highest BCUT2D eigenvalue weighted by Crippen LogP contribution is 2.29. The number of halogens is 2. The molecule has 0 radical (unpaired) electrons. The number of hydrogen-bond donors (Lipinski definition) is 1. The van der Waals surface area contributed by atoms with Crippen LogP contribution >= 0.6 is 23.2 Å². The Kier molecular flexibility index (Phi) is 5.06. The van der Waals surface area contributed by atoms with Gasteiger partial charge in [0, 0.05) is 11.4 Å². The van der Waals surface area contributed by atoms with Crippen LogP contribution in [0.2, 0.25) is 10.0 Å². The van der Waals surface area contributed by atoms with Crippen LogP contribution in [0, 0.1) is 13.8 Å². The maximum Gasteiger partial charge on any atom is 0.378 e. The molecule has 0 aliphatic carbocycles. The summed E-state index contributed by atoms with van der Waals surface area (Å²) < 4.78 is 6.36. The zero-order chi connectivity index (χ0) is 18.8. The van der Waals surface area contributed by atoms with E-state index in [1.165, 1.54) is 4.52 Å². The molecule has 0 bridgehead atoms. The quantitative estimate of drug-likeness (QED) is 0.684. The molecule has 134 valence electrons. The number of nitrogens with zero attached hydrogens (tertiary/aromatic N) is 4. The first-order valence-corrected chi connectivity index (χ1v) is 8.23. The number of ether oxygens (including phenoxy) is 1. The molecule has 1 amide bonds. The molecular formula is C16H13Cl2N5O3. The average Bonchev–Trinajstić information content (AvgIpc) is 3.00. The fourth-order valence-electron chi connectivity index (χ4n) is 2.24. The highest BCUT2D eigenvalue weighted by molar-refractivity contribution is 6.39. The van der Waals surface area contributed by atoms with Crippen LogP contribution in [0.4, 0.5) is 5.69 Å². The number of carbonyl (C=O) groups excluding carboxylic acids is 2. The van der Waals surface area contributed by atoms with Gasteiger partial charge in [0.2, 0.25) is 0 Å². The number of anilines is 1. The van der Waals surface area contributed by atoms with Gasteiger partial charge in [0.15, 0.2) is 6.61 Å². The maximum atomic E-state index is 12.1. The van der Waals surface area contributed by atoms with Gasteiger partial charge in [-0.25, -0.2) is 14.3 Å². The molecule has 0 unspecified atom stereocenters. The smallest absolute Gasteiger partial charge is 0.378 e. The Bertz CT molecular complexity index is 998. The molecule has 0 saturated heterocycles. The topological polar surface area (TPSA) is 98.5 Å². The summed E-state index contributed by atoms with van der Waals surface area (Å²) in [5.74, 6) is -1.34. The van der Waals surface area contributed by atoms with Crippen molar-refractivity contribution in [3.05, 3.63) is 51.5 Å². The summed E-state index contributed by atoms with van der Waals surface area (Å²) in [6, 6.07) is 6.60. The molecule has 0 spiro atoms. The molecule has 0 atom stereocenters. The lowest BCUT2D eigenvalue weighted by molar-refractivity contribution is -0.119. The van der Waals surface area contributed by atoms with E-state index in [-0.39, 0.29) is 27.3 Å². The number of para-hydroxylation sites is 1. The van der Waals surface area contributed by atoms with Crippen LogP contribution in [-0.4, -0.2) is 38.1 Å². The van der Waals surface area contributed by atoms with Crippen LogP contribution in [0.25, 0.3) is 5.78 Å². The summed E-state index contributed by atoms with van der Waals surface area (Å²) in [6.45, 7) is 3.08. The first-order valence-electron chi connectivity index (χ1n) is 7.47. The van der Waals surface area contributed by atoms with E-state index in [1.807, 2.05) is 13.8 Å². The molecular weight excluding hydrogens is 381 g/mol. The number of carbonyl (C=O) groups is 2. The Morgan fingerprint density at radius 1 is 1.19 bits per heavy atom. The number of amides is 1. The predicted octanol–water partition coefficient (Wildman–Crippen LogP) is 2.84. The Labute approximate surface area is 158 Å². The van der Waals surface area contributed by atoms with Crippen LogP contribution in [0.1, 0.15) is 22.0 Å². The second-order valence-corrected chi connectivity index (χ2v) is 6.22. The zero-order valence-corrected chi connectivity index (χ0v) is 15.3. The minimum absolute atomic E-state index is 0.185. The largest absolute Gasteiger partial charge is 0.450 e. The zero-order valence-electron chi connectivity index (χ0n) is 13.8. The molecule has 2 heterocycles. The van der Waals surface area contributed by atoms with Gasteiger partial charge in [-0.3, -0.25) is 4.79 Å². The summed E-state index contributed by atoms with van der Waals surface area (Å²) in [6.07, 6.45) is 0. The van der Waals surface area contributed by atoms with Gasteiger partial charge in [-0.15, -0.1) is 5.10 Å². The van der Waals surface area contributed by atoms with Gasteiger partial charge in [0.05, 0.1) is 15.7 Å². The lowest BCUT2D eigenvalue weighted by atomic mass is 10.3. The second-order valence-electron chi connectivity index (χ2n) is 5.41. The molecule has 26 heavy (non-hydrogen) atoms. The second kappa shape index (κ2) is 7.27. The highest BCUT2D eigenvalue weighted by Gasteiger charge is 2.18. The van der Waals surface area contributed by atoms with E-state index in [0.717, 1.165) is 11.4 Å². The third-order valence-corrected chi connectivity index (χ3v) is 3.99. The Morgan fingerprint density at radius 2 is 1.88 bits per heavy atom. The number of aromatic nitrogens is 4. The standard InChI is InChI=1S/C16H13Cl2N5O3/c1-8-6-9(2)23-16(19-8)21-14(22-23)15(25)26-7-12(24)20-13-10(17)4-3-5-11(13)18/h3-6H,7H2,1-2H3,(H,20,24). The van der Waals surface area contributed by atoms with Crippen molar-refractivity contribution in [3.8, 4) is 0 Å². The molecule has 0 saturated carbocycles. The van der Waals surface area contributed by atoms with Gasteiger partial charge in [0.1, 0.15) is 0 Å². The normalized spacial score (nSPS) is 10.8. The SMILES string of the molecule is Cc1cc(C)n2nc(C(=O)OCC(=O)Nc3c(Cl)cccc3Cl)nc2n1. The van der Waals surface area contributed by atoms with Crippen LogP contribution in [0.5, 0.6) is 0 Å². The lowest BCUT2D eigenvalue weighted by Crippen LogP contribution is -2.21. The lowest BCUT2D eigenvalue weighted by Gasteiger charge is -2.08. The number of rotatable bonds is 4. The van der Waals surface area contributed by atoms with Crippen molar-refractivity contribution in [2.45, 2.75) is 13.8 Å². The molecule has 8 nitrogen and oxygen atoms in total. The predicted molar refractivity (Wildman–Crippen MR) is 95.6 cm³/mol. The molecule has 1 N–H and O–H groups in total. The highest BCUT2D eigenvalue weighted by atomic mass is 35.5. The minimum atomic E-state index is -0.840. The van der Waals surface area contributed by atoms with E-state index in [9.17, 15) is 9.59 Å². The van der Waals surface area contributed by atoms with E-state index < -0.39 is 18.5 Å². The number of nitrogens with one attached hydrogen (secondary N) is 1. The van der Waals surface area contributed by atoms with Gasteiger partial charge >= 0.3 is 5.97 Å². The van der Waals surface area contributed by atoms with Gasteiger partial charge in [-0.05, 0) is 32.0 Å². The van der Waals surface area contributed by atoms with Crippen LogP contribution < -0.4 is 5.32 Å². The summed E-state index contributed by atoms with van der Waals surface area (Å²) in [7, 11) is 0. The van der Waals surface area contributed by atoms with E-state index in [0.29, 0.717) is 0 Å². The van der Waals surface area contributed by atoms with Crippen molar-refractivity contribution in [1.82, 2.24) is 19.6 Å². The third kappa shape index (κ3) is 3.76. The summed E-state index contributed by atoms with van der Waals surface area (Å²) in [5, 5.41) is 7.08. The van der Waals surface area contributed by atoms with E-state index >= 15 is 0 Å². The molecule has 3 rings (SSSR count). The molecule has 1 aromatic carbocycles. The van der Waals surface area contributed by atoms with E-state index in [2.05, 4.69) is 20.4 Å². The molecule has 0 aliphatic rings. The fourth-order valence-corrected chi connectivity index (χ4v) is 2.73. The van der Waals surface area contributed by atoms with Crippen molar-refractivity contribution in [3.63, 3.8) is 0 Å². The monoisotopic (exact) mass is 393 g/mol. The van der Waals surface area contributed by atoms with Crippen LogP contribution in [-0.2, 0) is 9.53 Å². The Morgan fingerprint density at radius 3 is 2.58 bits per heavy atom. The van der Waals surface area contributed by atoms with Crippen molar-refractivity contribution >= 4 is 46.5 Å². The van der Waals surface area contributed by atoms with E-state index in [4.69, 9.17) is 27.9 Å². The van der Waals surface area contributed by atoms with Gasteiger partial charge in [-0.2, -0.15) is 4.98 Å². The maximum absolute atomic E-state index is 12.1. The number of hydrogen-bond acceptors (Lipinski definition) is 6. The Hall–Kier alpha value is -2.71. The van der Waals surface area contributed by atoms with E-state index in [1.54, 1.807) is 24.3 Å².